The van der Waals surface area contributed by atoms with E-state index < -0.39 is 0 Å². The van der Waals surface area contributed by atoms with E-state index >= 15 is 0 Å². The maximum absolute atomic E-state index is 12.1. The lowest BCUT2D eigenvalue weighted by molar-refractivity contribution is 0.0930. The molecule has 0 saturated carbocycles. The number of fused-ring (bicyclic) bond motifs is 1. The van der Waals surface area contributed by atoms with E-state index in [9.17, 15) is 4.79 Å². The van der Waals surface area contributed by atoms with Gasteiger partial charge in [0.05, 0.1) is 5.56 Å². The summed E-state index contributed by atoms with van der Waals surface area (Å²) in [7, 11) is 0. The molecule has 0 radical (unpaired) electrons. The zero-order valence-electron chi connectivity index (χ0n) is 10.2. The molecule has 1 N–H and O–H groups in total. The molecule has 0 saturated heterocycles. The van der Waals surface area contributed by atoms with Crippen molar-refractivity contribution in [2.24, 2.45) is 0 Å². The lowest BCUT2D eigenvalue weighted by Crippen LogP contribution is -2.40. The van der Waals surface area contributed by atoms with Crippen LogP contribution in [0.1, 0.15) is 22.5 Å². The number of carbonyl (C=O) groups is 1. The third-order valence-corrected chi connectivity index (χ3v) is 3.69. The summed E-state index contributed by atoms with van der Waals surface area (Å²) < 4.78 is 2.80. The third-order valence-electron chi connectivity index (χ3n) is 3.25. The summed E-state index contributed by atoms with van der Waals surface area (Å²) in [4.78, 5) is 16.1. The third kappa shape index (κ3) is 2.68. The number of aromatic nitrogens is 3. The lowest BCUT2D eigenvalue weighted by atomic mass is 10.0. The predicted octanol–water partition coefficient (Wildman–Crippen LogP) is 1.79. The largest absolute Gasteiger partial charge is 0.349 e. The van der Waals surface area contributed by atoms with Crippen LogP contribution in [0.2, 0.25) is 0 Å². The number of hydrogen-bond acceptors (Lipinski definition) is 3. The summed E-state index contributed by atoms with van der Waals surface area (Å²) in [6.45, 7) is 0.851. The van der Waals surface area contributed by atoms with E-state index in [1.54, 1.807) is 24.7 Å². The Bertz CT molecular complexity index is 610. The molecule has 98 valence electrons. The highest BCUT2D eigenvalue weighted by Crippen LogP contribution is 2.15. The quantitative estimate of drug-likeness (QED) is 0.917. The molecule has 1 amide bonds. The fourth-order valence-electron chi connectivity index (χ4n) is 2.30. The van der Waals surface area contributed by atoms with Crippen molar-refractivity contribution in [3.63, 3.8) is 0 Å². The van der Waals surface area contributed by atoms with Crippen LogP contribution in [0.3, 0.4) is 0 Å². The maximum atomic E-state index is 12.1. The van der Waals surface area contributed by atoms with Gasteiger partial charge in [0.1, 0.15) is 0 Å². The first kappa shape index (κ1) is 12.3. The van der Waals surface area contributed by atoms with Crippen LogP contribution in [0.15, 0.2) is 35.2 Å². The number of halogens is 1. The molecule has 2 aromatic heterocycles. The minimum atomic E-state index is -0.0771. The van der Waals surface area contributed by atoms with Crippen LogP contribution in [0.25, 0.3) is 0 Å². The van der Waals surface area contributed by atoms with Gasteiger partial charge in [0, 0.05) is 47.8 Å². The molecule has 3 heterocycles. The van der Waals surface area contributed by atoms with Crippen LogP contribution >= 0.6 is 15.9 Å². The summed E-state index contributed by atoms with van der Waals surface area (Å²) in [5, 5.41) is 7.28. The van der Waals surface area contributed by atoms with Gasteiger partial charge in [0.15, 0.2) is 0 Å². The fourth-order valence-corrected chi connectivity index (χ4v) is 2.66. The summed E-state index contributed by atoms with van der Waals surface area (Å²) in [5.74, 6) is -0.0771. The van der Waals surface area contributed by atoms with E-state index in [4.69, 9.17) is 0 Å². The van der Waals surface area contributed by atoms with E-state index in [-0.39, 0.29) is 11.9 Å². The van der Waals surface area contributed by atoms with E-state index in [0.29, 0.717) is 5.56 Å². The minimum Gasteiger partial charge on any atom is -0.349 e. The fraction of sp³-hybridized carbons (Fsp3) is 0.308. The van der Waals surface area contributed by atoms with Gasteiger partial charge >= 0.3 is 0 Å². The molecule has 3 rings (SSSR count). The number of nitrogens with zero attached hydrogens (tertiary/aromatic N) is 3. The average molecular weight is 321 g/mol. The van der Waals surface area contributed by atoms with Gasteiger partial charge in [-0.05, 0) is 34.5 Å². The number of nitrogens with one attached hydrogen (secondary N) is 1. The zero-order chi connectivity index (χ0) is 13.2. The summed E-state index contributed by atoms with van der Waals surface area (Å²) in [5.41, 5.74) is 1.75. The second kappa shape index (κ2) is 5.13. The molecule has 2 aromatic rings. The van der Waals surface area contributed by atoms with Crippen LogP contribution < -0.4 is 5.32 Å². The van der Waals surface area contributed by atoms with Gasteiger partial charge in [-0.25, -0.2) is 0 Å². The number of amides is 1. The molecule has 0 bridgehead atoms. The predicted molar refractivity (Wildman–Crippen MR) is 73.7 cm³/mol. The Hall–Kier alpha value is -1.69. The molecule has 1 unspecified atom stereocenters. The molecule has 19 heavy (non-hydrogen) atoms. The normalized spacial score (nSPS) is 17.8. The Morgan fingerprint density at radius 2 is 2.37 bits per heavy atom. The van der Waals surface area contributed by atoms with Gasteiger partial charge in [-0.2, -0.15) is 5.10 Å². The number of hydrogen-bond donors (Lipinski definition) is 1. The van der Waals surface area contributed by atoms with Crippen LogP contribution in [0, 0.1) is 0 Å². The molecule has 1 aliphatic rings. The van der Waals surface area contributed by atoms with Crippen LogP contribution in [0.4, 0.5) is 0 Å². The van der Waals surface area contributed by atoms with Gasteiger partial charge in [-0.3, -0.25) is 14.5 Å². The Morgan fingerprint density at radius 3 is 3.21 bits per heavy atom. The monoisotopic (exact) mass is 320 g/mol. The van der Waals surface area contributed by atoms with E-state index in [1.807, 2.05) is 10.7 Å². The molecule has 0 fully saturated rings. The highest BCUT2D eigenvalue weighted by Gasteiger charge is 2.21. The van der Waals surface area contributed by atoms with E-state index in [2.05, 4.69) is 31.3 Å². The standard InChI is InChI=1S/C13H13BrN4O/c14-10-5-9(7-15-8-10)13(19)17-11-2-4-18-12(6-11)1-3-16-18/h1,3,5,7-8,11H,2,4,6H2,(H,17,19). The van der Waals surface area contributed by atoms with E-state index in [0.717, 1.165) is 23.9 Å². The van der Waals surface area contributed by atoms with Crippen LogP contribution in [-0.2, 0) is 13.0 Å². The van der Waals surface area contributed by atoms with Gasteiger partial charge in [-0.1, -0.05) is 0 Å². The molecular weight excluding hydrogens is 308 g/mol. The molecule has 1 atom stereocenters. The summed E-state index contributed by atoms with van der Waals surface area (Å²) in [6.07, 6.45) is 6.77. The SMILES string of the molecule is O=C(NC1CCn2nccc2C1)c1cncc(Br)c1. The van der Waals surface area contributed by atoms with Crippen molar-refractivity contribution in [3.8, 4) is 0 Å². The number of carbonyl (C=O) groups excluding carboxylic acids is 1. The first-order valence-electron chi connectivity index (χ1n) is 6.14. The first-order valence-corrected chi connectivity index (χ1v) is 6.94. The van der Waals surface area contributed by atoms with Crippen molar-refractivity contribution in [3.05, 3.63) is 46.5 Å². The molecular formula is C13H13BrN4O. The Balaban J connectivity index is 1.68. The topological polar surface area (TPSA) is 59.8 Å². The van der Waals surface area contributed by atoms with Crippen molar-refractivity contribution >= 4 is 21.8 Å². The summed E-state index contributed by atoms with van der Waals surface area (Å²) >= 11 is 3.32. The van der Waals surface area contributed by atoms with Gasteiger partial charge in [0.25, 0.3) is 5.91 Å². The van der Waals surface area contributed by atoms with Crippen molar-refractivity contribution in [1.29, 1.82) is 0 Å². The van der Waals surface area contributed by atoms with Gasteiger partial charge in [-0.15, -0.1) is 0 Å². The Labute approximate surface area is 119 Å². The van der Waals surface area contributed by atoms with E-state index in [1.165, 1.54) is 5.69 Å². The molecule has 0 aromatic carbocycles. The highest BCUT2D eigenvalue weighted by molar-refractivity contribution is 9.10. The minimum absolute atomic E-state index is 0.0771. The molecule has 0 aliphatic carbocycles. The average Bonchev–Trinajstić information content (AvgIpc) is 2.86. The lowest BCUT2D eigenvalue weighted by Gasteiger charge is -2.24. The highest BCUT2D eigenvalue weighted by atomic mass is 79.9. The van der Waals surface area contributed by atoms with Gasteiger partial charge in [0.2, 0.25) is 0 Å². The van der Waals surface area contributed by atoms with Crippen molar-refractivity contribution in [2.75, 3.05) is 0 Å². The molecule has 6 heteroatoms. The number of pyridine rings is 1. The smallest absolute Gasteiger partial charge is 0.253 e. The van der Waals surface area contributed by atoms with Crippen molar-refractivity contribution in [2.45, 2.75) is 25.4 Å². The number of rotatable bonds is 2. The summed E-state index contributed by atoms with van der Waals surface area (Å²) in [6, 6.07) is 3.93. The molecule has 1 aliphatic heterocycles. The van der Waals surface area contributed by atoms with Crippen molar-refractivity contribution in [1.82, 2.24) is 20.1 Å². The Morgan fingerprint density at radius 1 is 1.47 bits per heavy atom. The van der Waals surface area contributed by atoms with Crippen LogP contribution in [-0.4, -0.2) is 26.7 Å². The van der Waals surface area contributed by atoms with Crippen molar-refractivity contribution < 1.29 is 4.79 Å². The Kier molecular flexibility index (Phi) is 3.33. The first-order chi connectivity index (χ1) is 9.22. The molecule has 5 nitrogen and oxygen atoms in total. The number of aryl methyl sites for hydroxylation is 1. The molecule has 0 spiro atoms. The van der Waals surface area contributed by atoms with Gasteiger partial charge < -0.3 is 5.32 Å². The second-order valence-corrected chi connectivity index (χ2v) is 5.52. The zero-order valence-corrected chi connectivity index (χ0v) is 11.8. The van der Waals surface area contributed by atoms with Crippen LogP contribution in [0.5, 0.6) is 0 Å². The maximum Gasteiger partial charge on any atom is 0.253 e. The second-order valence-electron chi connectivity index (χ2n) is 4.60.